The quantitative estimate of drug-likeness (QED) is 0.244. The van der Waals surface area contributed by atoms with E-state index in [9.17, 15) is 14.7 Å². The van der Waals surface area contributed by atoms with Crippen LogP contribution < -0.4 is 16.5 Å². The molecular weight excluding hydrogens is 512 g/mol. The zero-order valence-electron chi connectivity index (χ0n) is 23.9. The molecule has 0 aliphatic heterocycles. The van der Waals surface area contributed by atoms with Crippen LogP contribution in [0.1, 0.15) is 52.7 Å². The molecular formula is C34H30N4O3. The normalized spacial score (nSPS) is 13.0. The molecule has 3 heterocycles. The second kappa shape index (κ2) is 7.91. The molecule has 7 aromatic rings. The Hall–Kier alpha value is -4.78. The highest BCUT2D eigenvalue weighted by Gasteiger charge is 2.27. The number of fused-ring (bicyclic) bond motifs is 4. The van der Waals surface area contributed by atoms with Crippen molar-refractivity contribution < 1.29 is 5.11 Å². The lowest BCUT2D eigenvalue weighted by Crippen LogP contribution is -2.25. The number of benzene rings is 4. The van der Waals surface area contributed by atoms with Crippen LogP contribution in [0.2, 0.25) is 0 Å². The summed E-state index contributed by atoms with van der Waals surface area (Å²) in [6.07, 6.45) is 0. The third kappa shape index (κ3) is 3.38. The van der Waals surface area contributed by atoms with E-state index in [1.165, 1.54) is 4.57 Å². The van der Waals surface area contributed by atoms with E-state index >= 15 is 0 Å². The van der Waals surface area contributed by atoms with Gasteiger partial charge in [0.15, 0.2) is 0 Å². The maximum absolute atomic E-state index is 14.3. The van der Waals surface area contributed by atoms with Gasteiger partial charge in [0.05, 0.1) is 22.1 Å². The van der Waals surface area contributed by atoms with E-state index in [4.69, 9.17) is 10.4 Å². The molecule has 0 saturated carbocycles. The number of hydrogen-bond acceptors (Lipinski definition) is 5. The van der Waals surface area contributed by atoms with Crippen LogP contribution >= 0.6 is 0 Å². The summed E-state index contributed by atoms with van der Waals surface area (Å²) in [6.45, 7) is 12.6. The second-order valence-corrected chi connectivity index (χ2v) is 13.0. The van der Waals surface area contributed by atoms with E-state index in [-0.39, 0.29) is 27.8 Å². The van der Waals surface area contributed by atoms with Crippen LogP contribution in [-0.2, 0) is 10.8 Å². The van der Waals surface area contributed by atoms with Crippen molar-refractivity contribution in [1.29, 1.82) is 5.41 Å². The van der Waals surface area contributed by atoms with Gasteiger partial charge in [0, 0.05) is 32.3 Å². The van der Waals surface area contributed by atoms with Gasteiger partial charge in [0.25, 0.3) is 11.1 Å². The summed E-state index contributed by atoms with van der Waals surface area (Å²) in [6, 6.07) is 18.2. The molecule has 7 nitrogen and oxygen atoms in total. The van der Waals surface area contributed by atoms with Crippen molar-refractivity contribution in [2.24, 2.45) is 0 Å². The van der Waals surface area contributed by atoms with E-state index in [1.807, 2.05) is 12.1 Å². The third-order valence-corrected chi connectivity index (χ3v) is 8.29. The fourth-order valence-corrected chi connectivity index (χ4v) is 6.18. The average Bonchev–Trinajstić information content (AvgIpc) is 3.28. The Morgan fingerprint density at radius 1 is 0.732 bits per heavy atom. The van der Waals surface area contributed by atoms with Gasteiger partial charge in [0.2, 0.25) is 5.88 Å². The molecule has 0 fully saturated rings. The van der Waals surface area contributed by atoms with E-state index < -0.39 is 0 Å². The Morgan fingerprint density at radius 2 is 1.37 bits per heavy atom. The van der Waals surface area contributed by atoms with Gasteiger partial charge >= 0.3 is 0 Å². The molecule has 0 aliphatic carbocycles. The molecule has 0 bridgehead atoms. The van der Waals surface area contributed by atoms with Crippen molar-refractivity contribution in [2.75, 3.05) is 0 Å². The molecule has 0 radical (unpaired) electrons. The lowest BCUT2D eigenvalue weighted by Gasteiger charge is -2.28. The molecule has 204 valence electrons. The van der Waals surface area contributed by atoms with Crippen molar-refractivity contribution in [1.82, 2.24) is 14.0 Å². The summed E-state index contributed by atoms with van der Waals surface area (Å²) in [7, 11) is 0. The van der Waals surface area contributed by atoms with Crippen molar-refractivity contribution in [3.05, 3.63) is 97.9 Å². The molecule has 0 spiro atoms. The number of nitrogens with zero attached hydrogens (tertiary/aromatic N) is 3. The number of nitrogens with one attached hydrogen (secondary N) is 1. The first-order valence-corrected chi connectivity index (χ1v) is 13.7. The lowest BCUT2D eigenvalue weighted by atomic mass is 9.81. The Bertz CT molecular complexity index is 2400. The minimum absolute atomic E-state index is 0.159. The van der Waals surface area contributed by atoms with Gasteiger partial charge in [-0.15, -0.1) is 0 Å². The number of aromatic nitrogens is 3. The summed E-state index contributed by atoms with van der Waals surface area (Å²) < 4.78 is 2.96. The topological polar surface area (TPSA) is 100 Å². The molecule has 41 heavy (non-hydrogen) atoms. The number of aromatic hydroxyl groups is 1. The maximum Gasteiger partial charge on any atom is 0.265 e. The first kappa shape index (κ1) is 25.2. The van der Waals surface area contributed by atoms with E-state index in [0.717, 1.165) is 11.1 Å². The smallest absolute Gasteiger partial charge is 0.265 e. The molecule has 3 aromatic heterocycles. The summed E-state index contributed by atoms with van der Waals surface area (Å²) in [4.78, 5) is 32.9. The van der Waals surface area contributed by atoms with Crippen LogP contribution in [0.5, 0.6) is 5.88 Å². The summed E-state index contributed by atoms with van der Waals surface area (Å²) in [5.74, 6) is -0.159. The molecule has 0 atom stereocenters. The molecule has 0 unspecified atom stereocenters. The van der Waals surface area contributed by atoms with Crippen molar-refractivity contribution in [3.63, 3.8) is 0 Å². The van der Waals surface area contributed by atoms with Crippen LogP contribution in [0.25, 0.3) is 54.7 Å². The van der Waals surface area contributed by atoms with Gasteiger partial charge in [0.1, 0.15) is 5.65 Å². The largest absolute Gasteiger partial charge is 0.494 e. The highest BCUT2D eigenvalue weighted by Crippen LogP contribution is 2.40. The fourth-order valence-electron chi connectivity index (χ4n) is 6.18. The predicted molar refractivity (Wildman–Crippen MR) is 164 cm³/mol. The zero-order chi connectivity index (χ0) is 29.2. The highest BCUT2D eigenvalue weighted by atomic mass is 16.3. The fraction of sp³-hybridized carbons (Fsp3) is 0.235. The SMILES string of the molecule is CC(C)(C)c1ccc(C(C)(C)C)c(-n2c(O)c3ccc4c5c(ccc(c2=O)c35)c(=O)n2c3cc(=N)ccc3nc42)c1. The number of pyridine rings is 2. The molecule has 0 amide bonds. The lowest BCUT2D eigenvalue weighted by molar-refractivity contribution is 0.441. The molecule has 0 saturated heterocycles. The predicted octanol–water partition coefficient (Wildman–Crippen LogP) is 6.11. The number of imidazole rings is 1. The molecule has 0 aliphatic rings. The van der Waals surface area contributed by atoms with Gasteiger partial charge in [-0.1, -0.05) is 53.7 Å². The van der Waals surface area contributed by atoms with Crippen molar-refractivity contribution in [2.45, 2.75) is 52.4 Å². The van der Waals surface area contributed by atoms with Crippen LogP contribution in [-0.4, -0.2) is 19.1 Å². The molecule has 4 aromatic carbocycles. The first-order chi connectivity index (χ1) is 19.3. The standard InChI is InChI=1S/C34H30N4O3/c1-33(2,3)17-7-13-23(34(4,5)6)25(15-17)38-31(40)21-10-9-19-27-20(11-12-22(28(21)27)32(38)41)30(39)37-26-16-18(35)8-14-24(26)36-29(19)37/h7-16,35,40H,1-6H3. The van der Waals surface area contributed by atoms with E-state index in [0.29, 0.717) is 60.0 Å². The van der Waals surface area contributed by atoms with Gasteiger partial charge < -0.3 is 10.5 Å². The van der Waals surface area contributed by atoms with E-state index in [2.05, 4.69) is 53.7 Å². The van der Waals surface area contributed by atoms with Gasteiger partial charge in [-0.2, -0.15) is 0 Å². The van der Waals surface area contributed by atoms with Crippen molar-refractivity contribution in [3.8, 4) is 11.6 Å². The minimum Gasteiger partial charge on any atom is -0.494 e. The zero-order valence-corrected chi connectivity index (χ0v) is 23.9. The summed E-state index contributed by atoms with van der Waals surface area (Å²) in [5.41, 5.74) is 3.23. The van der Waals surface area contributed by atoms with Gasteiger partial charge in [-0.3, -0.25) is 14.0 Å². The van der Waals surface area contributed by atoms with Crippen molar-refractivity contribution >= 4 is 49.0 Å². The summed E-state index contributed by atoms with van der Waals surface area (Å²) in [5, 5.41) is 23.4. The average molecular weight is 543 g/mol. The third-order valence-electron chi connectivity index (χ3n) is 8.29. The Balaban J connectivity index is 1.66. The molecule has 7 rings (SSSR count). The maximum atomic E-state index is 14.3. The molecule has 2 N–H and O–H groups in total. The van der Waals surface area contributed by atoms with E-state index in [1.54, 1.807) is 40.8 Å². The Morgan fingerprint density at radius 3 is 2.05 bits per heavy atom. The van der Waals surface area contributed by atoms with Gasteiger partial charge in [-0.05, 0) is 70.5 Å². The molecule has 7 heteroatoms. The highest BCUT2D eigenvalue weighted by molar-refractivity contribution is 6.26. The Kier molecular flexibility index (Phi) is 4.86. The number of rotatable bonds is 1. The Labute approximate surface area is 235 Å². The van der Waals surface area contributed by atoms with Crippen LogP contribution in [0, 0.1) is 5.41 Å². The number of hydrogen-bond donors (Lipinski definition) is 2. The van der Waals surface area contributed by atoms with Crippen LogP contribution in [0.4, 0.5) is 0 Å². The van der Waals surface area contributed by atoms with Crippen LogP contribution in [0.3, 0.4) is 0 Å². The minimum atomic E-state index is -0.347. The second-order valence-electron chi connectivity index (χ2n) is 13.0. The monoisotopic (exact) mass is 542 g/mol. The van der Waals surface area contributed by atoms with Crippen LogP contribution in [0.15, 0.2) is 70.3 Å². The summed E-state index contributed by atoms with van der Waals surface area (Å²) >= 11 is 0. The first-order valence-electron chi connectivity index (χ1n) is 13.7. The van der Waals surface area contributed by atoms with Gasteiger partial charge in [-0.25, -0.2) is 9.55 Å².